The molecule has 1 amide bonds. The maximum absolute atomic E-state index is 11.5. The summed E-state index contributed by atoms with van der Waals surface area (Å²) in [5, 5.41) is 5.65. The molecule has 1 fully saturated rings. The molecular weight excluding hydrogens is 178 g/mol. The number of benzene rings is 1. The molecule has 1 aliphatic rings. The first-order valence-electron chi connectivity index (χ1n) is 4.40. The molecule has 4 nitrogen and oxygen atoms in total. The molecule has 4 heteroatoms. The molecule has 0 radical (unpaired) electrons. The maximum Gasteiger partial charge on any atom is 0.253 e. The average molecular weight is 189 g/mol. The minimum Gasteiger partial charge on any atom is -0.340 e. The zero-order valence-electron chi connectivity index (χ0n) is 7.82. The number of nitrogens with zero attached hydrogens (tertiary/aromatic N) is 1. The molecule has 14 heavy (non-hydrogen) atoms. The molecule has 0 aliphatic carbocycles. The molecular formula is C10H11N3O. The van der Waals surface area contributed by atoms with Gasteiger partial charge in [0.05, 0.1) is 0 Å². The monoisotopic (exact) mass is 189 g/mol. The Balaban J connectivity index is 2.25. The van der Waals surface area contributed by atoms with Crippen LogP contribution < -0.4 is 10.6 Å². The van der Waals surface area contributed by atoms with Gasteiger partial charge in [0.25, 0.3) is 5.91 Å². The van der Waals surface area contributed by atoms with E-state index in [4.69, 9.17) is 0 Å². The summed E-state index contributed by atoms with van der Waals surface area (Å²) in [6, 6.07) is 9.25. The lowest BCUT2D eigenvalue weighted by atomic mass is 10.1. The molecule has 0 aromatic heterocycles. The van der Waals surface area contributed by atoms with E-state index in [2.05, 4.69) is 15.6 Å². The van der Waals surface area contributed by atoms with Crippen LogP contribution >= 0.6 is 0 Å². The quantitative estimate of drug-likeness (QED) is 0.673. The lowest BCUT2D eigenvalue weighted by Crippen LogP contribution is -2.24. The van der Waals surface area contributed by atoms with Gasteiger partial charge in [-0.3, -0.25) is 15.1 Å². The zero-order chi connectivity index (χ0) is 9.97. The Labute approximate surface area is 82.0 Å². The molecule has 0 saturated carbocycles. The van der Waals surface area contributed by atoms with Crippen LogP contribution in [0.2, 0.25) is 0 Å². The van der Waals surface area contributed by atoms with Crippen LogP contribution in [0.25, 0.3) is 0 Å². The fraction of sp³-hybridized carbons (Fsp3) is 0.200. The Kier molecular flexibility index (Phi) is 2.18. The first-order valence-corrected chi connectivity index (χ1v) is 4.40. The normalized spacial score (nSPS) is 23.4. The second-order valence-electron chi connectivity index (χ2n) is 3.05. The lowest BCUT2D eigenvalue weighted by molar-refractivity contribution is -0.120. The minimum atomic E-state index is -0.310. The van der Waals surface area contributed by atoms with Crippen LogP contribution in [-0.2, 0) is 4.79 Å². The summed E-state index contributed by atoms with van der Waals surface area (Å²) in [6.07, 6.45) is 0. The number of carbonyl (C=O) groups excluding carboxylic acids is 1. The van der Waals surface area contributed by atoms with Crippen LogP contribution in [0.4, 0.5) is 0 Å². The van der Waals surface area contributed by atoms with E-state index >= 15 is 0 Å². The van der Waals surface area contributed by atoms with Crippen molar-refractivity contribution in [2.45, 2.75) is 6.04 Å². The summed E-state index contributed by atoms with van der Waals surface area (Å²) in [5.41, 5.74) is 0.948. The third kappa shape index (κ3) is 1.46. The molecule has 2 N–H and O–H groups in total. The van der Waals surface area contributed by atoms with Gasteiger partial charge in [0.15, 0.2) is 5.96 Å². The number of hydrogen-bond donors (Lipinski definition) is 2. The second-order valence-corrected chi connectivity index (χ2v) is 3.05. The Hall–Kier alpha value is -1.84. The molecule has 2 rings (SSSR count). The standard InChI is InChI=1S/C10H11N3O/c1-11-10-12-8(9(14)13-10)7-5-3-2-4-6-7/h2-6,8H,1H3,(H2,11,12,13,14). The highest BCUT2D eigenvalue weighted by Crippen LogP contribution is 2.15. The number of aliphatic imine (C=N–C) groups is 1. The number of guanidine groups is 1. The van der Waals surface area contributed by atoms with Crippen molar-refractivity contribution < 1.29 is 4.79 Å². The van der Waals surface area contributed by atoms with Crippen LogP contribution in [0.5, 0.6) is 0 Å². The third-order valence-corrected chi connectivity index (χ3v) is 2.14. The fourth-order valence-electron chi connectivity index (χ4n) is 1.43. The molecule has 1 atom stereocenters. The van der Waals surface area contributed by atoms with Crippen molar-refractivity contribution in [3.8, 4) is 0 Å². The van der Waals surface area contributed by atoms with E-state index in [1.165, 1.54) is 0 Å². The van der Waals surface area contributed by atoms with Crippen LogP contribution in [0.3, 0.4) is 0 Å². The van der Waals surface area contributed by atoms with Gasteiger partial charge >= 0.3 is 0 Å². The summed E-state index contributed by atoms with van der Waals surface area (Å²) in [4.78, 5) is 15.4. The van der Waals surface area contributed by atoms with Gasteiger partial charge in [-0.2, -0.15) is 0 Å². The van der Waals surface area contributed by atoms with Gasteiger partial charge < -0.3 is 5.32 Å². The molecule has 1 saturated heterocycles. The number of carbonyl (C=O) groups is 1. The highest BCUT2D eigenvalue weighted by Gasteiger charge is 2.28. The van der Waals surface area contributed by atoms with Gasteiger partial charge in [-0.1, -0.05) is 30.3 Å². The van der Waals surface area contributed by atoms with Gasteiger partial charge in [0.2, 0.25) is 0 Å². The summed E-state index contributed by atoms with van der Waals surface area (Å²) >= 11 is 0. The largest absolute Gasteiger partial charge is 0.340 e. The molecule has 1 aliphatic heterocycles. The smallest absolute Gasteiger partial charge is 0.253 e. The van der Waals surface area contributed by atoms with Crippen molar-refractivity contribution in [1.29, 1.82) is 0 Å². The molecule has 1 heterocycles. The summed E-state index contributed by atoms with van der Waals surface area (Å²) in [7, 11) is 1.63. The van der Waals surface area contributed by atoms with E-state index in [-0.39, 0.29) is 11.9 Å². The SMILES string of the molecule is CN=C1NC(=O)C(c2ccccc2)N1. The van der Waals surface area contributed by atoms with Crippen LogP contribution in [0.15, 0.2) is 35.3 Å². The molecule has 1 aromatic rings. The van der Waals surface area contributed by atoms with E-state index in [9.17, 15) is 4.79 Å². The van der Waals surface area contributed by atoms with Crippen LogP contribution in [0, 0.1) is 0 Å². The number of rotatable bonds is 1. The Bertz CT molecular complexity index is 372. The minimum absolute atomic E-state index is 0.0585. The Morgan fingerprint density at radius 3 is 2.57 bits per heavy atom. The van der Waals surface area contributed by atoms with Crippen molar-refractivity contribution in [3.05, 3.63) is 35.9 Å². The number of hydrogen-bond acceptors (Lipinski definition) is 2. The van der Waals surface area contributed by atoms with Gasteiger partial charge in [0.1, 0.15) is 6.04 Å². The lowest BCUT2D eigenvalue weighted by Gasteiger charge is -2.06. The summed E-state index contributed by atoms with van der Waals surface area (Å²) < 4.78 is 0. The van der Waals surface area contributed by atoms with Gasteiger partial charge in [0, 0.05) is 7.05 Å². The van der Waals surface area contributed by atoms with E-state index in [1.54, 1.807) is 7.05 Å². The highest BCUT2D eigenvalue weighted by molar-refractivity contribution is 6.06. The first kappa shape index (κ1) is 8.74. The Morgan fingerprint density at radius 1 is 1.29 bits per heavy atom. The molecule has 1 aromatic carbocycles. The topological polar surface area (TPSA) is 53.5 Å². The number of nitrogens with one attached hydrogen (secondary N) is 2. The molecule has 0 spiro atoms. The van der Waals surface area contributed by atoms with Crippen molar-refractivity contribution in [2.24, 2.45) is 4.99 Å². The second kappa shape index (κ2) is 3.49. The van der Waals surface area contributed by atoms with Crippen molar-refractivity contribution in [2.75, 3.05) is 7.05 Å². The predicted octanol–water partition coefficient (Wildman–Crippen LogP) is 0.433. The van der Waals surface area contributed by atoms with Gasteiger partial charge in [-0.15, -0.1) is 0 Å². The highest BCUT2D eigenvalue weighted by atomic mass is 16.2. The third-order valence-electron chi connectivity index (χ3n) is 2.14. The fourth-order valence-corrected chi connectivity index (χ4v) is 1.43. The average Bonchev–Trinajstić information content (AvgIpc) is 2.61. The molecule has 72 valence electrons. The van der Waals surface area contributed by atoms with Crippen LogP contribution in [0.1, 0.15) is 11.6 Å². The van der Waals surface area contributed by atoms with E-state index in [1.807, 2.05) is 30.3 Å². The van der Waals surface area contributed by atoms with Crippen molar-refractivity contribution >= 4 is 11.9 Å². The summed E-state index contributed by atoms with van der Waals surface area (Å²) in [6.45, 7) is 0. The molecule has 1 unspecified atom stereocenters. The van der Waals surface area contributed by atoms with Gasteiger partial charge in [-0.25, -0.2) is 0 Å². The van der Waals surface area contributed by atoms with Gasteiger partial charge in [-0.05, 0) is 5.56 Å². The first-order chi connectivity index (χ1) is 6.81. The maximum atomic E-state index is 11.5. The van der Waals surface area contributed by atoms with Crippen molar-refractivity contribution in [3.63, 3.8) is 0 Å². The molecule has 0 bridgehead atoms. The zero-order valence-corrected chi connectivity index (χ0v) is 7.82. The van der Waals surface area contributed by atoms with E-state index in [0.29, 0.717) is 5.96 Å². The number of amides is 1. The predicted molar refractivity (Wildman–Crippen MR) is 53.8 cm³/mol. The Morgan fingerprint density at radius 2 is 2.00 bits per heavy atom. The van der Waals surface area contributed by atoms with Crippen LogP contribution in [-0.4, -0.2) is 18.9 Å². The van der Waals surface area contributed by atoms with Crippen molar-refractivity contribution in [1.82, 2.24) is 10.6 Å². The summed E-state index contributed by atoms with van der Waals surface area (Å²) in [5.74, 6) is 0.473. The van der Waals surface area contributed by atoms with E-state index < -0.39 is 0 Å². The van der Waals surface area contributed by atoms with E-state index in [0.717, 1.165) is 5.56 Å².